The predicted octanol–water partition coefficient (Wildman–Crippen LogP) is 4.95. The number of allylic oxidation sites excluding steroid dienone is 2. The average Bonchev–Trinajstić information content (AvgIpc) is 3.33. The first kappa shape index (κ1) is 21.8. The minimum Gasteiger partial charge on any atom is -0.481 e. The van der Waals surface area contributed by atoms with Crippen LogP contribution in [0.5, 0.6) is 0 Å². The molecule has 158 valence electrons. The van der Waals surface area contributed by atoms with Gasteiger partial charge in [0.1, 0.15) is 0 Å². The molecule has 4 nitrogen and oxygen atoms in total. The Kier molecular flexibility index (Phi) is 7.68. The van der Waals surface area contributed by atoms with Crippen molar-refractivity contribution in [2.45, 2.75) is 70.2 Å². The molecule has 0 amide bonds. The molecule has 3 rings (SSSR count). The summed E-state index contributed by atoms with van der Waals surface area (Å²) in [6.45, 7) is 3.81. The molecule has 0 spiro atoms. The molecule has 0 saturated carbocycles. The number of carbonyl (C=O) groups is 1. The van der Waals surface area contributed by atoms with Gasteiger partial charge in [-0.25, -0.2) is 0 Å². The van der Waals surface area contributed by atoms with Crippen molar-refractivity contribution in [2.75, 3.05) is 0 Å². The van der Waals surface area contributed by atoms with Crippen molar-refractivity contribution in [2.24, 2.45) is 17.8 Å². The lowest BCUT2D eigenvalue weighted by molar-refractivity contribution is -0.141. The highest BCUT2D eigenvalue weighted by Crippen LogP contribution is 2.46. The van der Waals surface area contributed by atoms with Gasteiger partial charge in [-0.05, 0) is 43.6 Å². The zero-order chi connectivity index (χ0) is 20.8. The van der Waals surface area contributed by atoms with E-state index >= 15 is 0 Å². The molecule has 0 radical (unpaired) electrons. The second kappa shape index (κ2) is 10.2. The third-order valence-electron chi connectivity index (χ3n) is 6.62. The number of carboxylic acids is 1. The molecule has 29 heavy (non-hydrogen) atoms. The first-order valence-corrected chi connectivity index (χ1v) is 10.9. The van der Waals surface area contributed by atoms with Gasteiger partial charge in [-0.3, -0.25) is 4.79 Å². The fourth-order valence-electron chi connectivity index (χ4n) is 4.59. The van der Waals surface area contributed by atoms with Crippen LogP contribution in [0, 0.1) is 17.8 Å². The minimum absolute atomic E-state index is 0.0570. The van der Waals surface area contributed by atoms with E-state index < -0.39 is 12.1 Å². The van der Waals surface area contributed by atoms with Crippen molar-refractivity contribution in [3.63, 3.8) is 0 Å². The van der Waals surface area contributed by atoms with Crippen LogP contribution < -0.4 is 0 Å². The zero-order valence-corrected chi connectivity index (χ0v) is 17.5. The van der Waals surface area contributed by atoms with Crippen molar-refractivity contribution >= 4 is 5.97 Å². The van der Waals surface area contributed by atoms with Gasteiger partial charge in [0, 0.05) is 11.8 Å². The number of hydrogen-bond acceptors (Lipinski definition) is 3. The minimum atomic E-state index is -0.728. The van der Waals surface area contributed by atoms with Gasteiger partial charge in [0.25, 0.3) is 0 Å². The molecular weight excluding hydrogens is 364 g/mol. The second-order valence-corrected chi connectivity index (χ2v) is 8.63. The van der Waals surface area contributed by atoms with Gasteiger partial charge in [-0.15, -0.1) is 0 Å². The molecule has 2 heterocycles. The van der Waals surface area contributed by atoms with E-state index in [1.165, 1.54) is 0 Å². The molecule has 2 saturated heterocycles. The van der Waals surface area contributed by atoms with Gasteiger partial charge >= 0.3 is 5.97 Å². The molecule has 4 heteroatoms. The van der Waals surface area contributed by atoms with Crippen LogP contribution in [0.25, 0.3) is 0 Å². The van der Waals surface area contributed by atoms with E-state index in [1.54, 1.807) is 6.92 Å². The third kappa shape index (κ3) is 5.58. The highest BCUT2D eigenvalue weighted by atomic mass is 16.5. The van der Waals surface area contributed by atoms with Crippen molar-refractivity contribution < 1.29 is 19.7 Å². The van der Waals surface area contributed by atoms with Crippen LogP contribution in [0.2, 0.25) is 0 Å². The molecular formula is C25H34O4. The summed E-state index contributed by atoms with van der Waals surface area (Å²) in [6, 6.07) is 10.1. The highest BCUT2D eigenvalue weighted by Gasteiger charge is 2.46. The molecule has 2 fully saturated rings. The molecule has 1 aromatic rings. The first-order valence-electron chi connectivity index (χ1n) is 10.9. The lowest BCUT2D eigenvalue weighted by Crippen LogP contribution is -2.26. The summed E-state index contributed by atoms with van der Waals surface area (Å²) in [5.41, 5.74) is 1.14. The van der Waals surface area contributed by atoms with Gasteiger partial charge in [-0.1, -0.05) is 68.5 Å². The quantitative estimate of drug-likeness (QED) is 0.547. The van der Waals surface area contributed by atoms with Crippen LogP contribution in [-0.2, 0) is 9.53 Å². The number of rotatable bonds is 10. The van der Waals surface area contributed by atoms with Crippen molar-refractivity contribution in [3.05, 3.63) is 60.2 Å². The van der Waals surface area contributed by atoms with Crippen LogP contribution in [0.3, 0.4) is 0 Å². The van der Waals surface area contributed by atoms with Crippen LogP contribution in [-0.4, -0.2) is 34.5 Å². The Morgan fingerprint density at radius 1 is 1.17 bits per heavy atom. The van der Waals surface area contributed by atoms with Crippen molar-refractivity contribution in [1.29, 1.82) is 0 Å². The summed E-state index contributed by atoms with van der Waals surface area (Å²) in [5.74, 6) is -0.185. The number of benzene rings is 1. The van der Waals surface area contributed by atoms with E-state index in [0.29, 0.717) is 24.4 Å². The van der Waals surface area contributed by atoms with E-state index in [9.17, 15) is 9.90 Å². The number of aliphatic carboxylic acids is 1. The second-order valence-electron chi connectivity index (χ2n) is 8.63. The fourth-order valence-corrected chi connectivity index (χ4v) is 4.59. The maximum Gasteiger partial charge on any atom is 0.306 e. The van der Waals surface area contributed by atoms with Gasteiger partial charge in [0.05, 0.1) is 24.2 Å². The first-order chi connectivity index (χ1) is 14.0. The SMILES string of the molecule is CC(CC/C=C\C[C@H]1C2CCC(O2)[C@H]1/C=C/[C@@H](O)[C@@H](C)c1ccccc1)C(=O)O. The largest absolute Gasteiger partial charge is 0.481 e. The summed E-state index contributed by atoms with van der Waals surface area (Å²) in [7, 11) is 0. The average molecular weight is 399 g/mol. The molecule has 2 aliphatic heterocycles. The lowest BCUT2D eigenvalue weighted by Gasteiger charge is -2.25. The van der Waals surface area contributed by atoms with Crippen LogP contribution in [0.1, 0.15) is 57.4 Å². The number of fused-ring (bicyclic) bond motifs is 2. The predicted molar refractivity (Wildman–Crippen MR) is 115 cm³/mol. The Hall–Kier alpha value is -1.91. The normalized spacial score (nSPS) is 29.5. The van der Waals surface area contributed by atoms with E-state index in [2.05, 4.69) is 37.3 Å². The van der Waals surface area contributed by atoms with Crippen molar-refractivity contribution in [3.8, 4) is 0 Å². The molecule has 0 aliphatic carbocycles. The van der Waals surface area contributed by atoms with Crippen LogP contribution >= 0.6 is 0 Å². The molecule has 3 unspecified atom stereocenters. The topological polar surface area (TPSA) is 66.8 Å². The molecule has 0 aromatic heterocycles. The number of carboxylic acid groups (broad SMARTS) is 1. The summed E-state index contributed by atoms with van der Waals surface area (Å²) in [5, 5.41) is 19.6. The lowest BCUT2D eigenvalue weighted by atomic mass is 9.77. The smallest absolute Gasteiger partial charge is 0.306 e. The summed E-state index contributed by atoms with van der Waals surface area (Å²) >= 11 is 0. The maximum atomic E-state index is 10.9. The van der Waals surface area contributed by atoms with Gasteiger partial charge < -0.3 is 14.9 Å². The Morgan fingerprint density at radius 2 is 1.90 bits per heavy atom. The van der Waals surface area contributed by atoms with E-state index in [-0.39, 0.29) is 17.9 Å². The molecule has 2 bridgehead atoms. The zero-order valence-electron chi connectivity index (χ0n) is 17.5. The van der Waals surface area contributed by atoms with Gasteiger partial charge in [-0.2, -0.15) is 0 Å². The van der Waals surface area contributed by atoms with Crippen LogP contribution in [0.4, 0.5) is 0 Å². The number of hydrogen-bond donors (Lipinski definition) is 2. The Bertz CT molecular complexity index is 711. The van der Waals surface area contributed by atoms with Crippen molar-refractivity contribution in [1.82, 2.24) is 0 Å². The number of aliphatic hydroxyl groups is 1. The standard InChI is InChI=1S/C25H34O4/c1-17(25(27)28)9-5-3-8-12-20-21(24-16-15-23(20)29-24)13-14-22(26)18(2)19-10-6-4-7-11-19/h3-4,6-8,10-11,13-14,17-18,20-24,26H,5,9,12,15-16H2,1-2H3,(H,27,28)/b8-3-,14-13+/t17?,18-,20+,21-,22+,23?,24?/m0/s1. The highest BCUT2D eigenvalue weighted by molar-refractivity contribution is 5.69. The van der Waals surface area contributed by atoms with Gasteiger partial charge in [0.2, 0.25) is 0 Å². The molecule has 7 atom stereocenters. The molecule has 1 aromatic carbocycles. The van der Waals surface area contributed by atoms with E-state index in [1.807, 2.05) is 24.3 Å². The Labute approximate surface area is 174 Å². The molecule has 2 aliphatic rings. The summed E-state index contributed by atoms with van der Waals surface area (Å²) in [6.07, 6.45) is 13.1. The van der Waals surface area contributed by atoms with E-state index in [0.717, 1.165) is 31.2 Å². The molecule has 2 N–H and O–H groups in total. The summed E-state index contributed by atoms with van der Waals surface area (Å²) < 4.78 is 6.16. The third-order valence-corrected chi connectivity index (χ3v) is 6.62. The Balaban J connectivity index is 1.54. The Morgan fingerprint density at radius 3 is 2.62 bits per heavy atom. The number of ether oxygens (including phenoxy) is 1. The van der Waals surface area contributed by atoms with Crippen LogP contribution in [0.15, 0.2) is 54.6 Å². The summed E-state index contributed by atoms with van der Waals surface area (Å²) in [4.78, 5) is 10.9. The fraction of sp³-hybridized carbons (Fsp3) is 0.560. The number of aliphatic hydroxyl groups excluding tert-OH is 1. The van der Waals surface area contributed by atoms with Gasteiger partial charge in [0.15, 0.2) is 0 Å². The monoisotopic (exact) mass is 398 g/mol. The van der Waals surface area contributed by atoms with E-state index in [4.69, 9.17) is 9.84 Å². The maximum absolute atomic E-state index is 10.9.